The summed E-state index contributed by atoms with van der Waals surface area (Å²) in [6, 6.07) is 3.09. The maximum atomic E-state index is 11.1. The van der Waals surface area contributed by atoms with E-state index in [4.69, 9.17) is 0 Å². The zero-order valence-corrected chi connectivity index (χ0v) is 10.6. The predicted octanol–water partition coefficient (Wildman–Crippen LogP) is 2.06. The summed E-state index contributed by atoms with van der Waals surface area (Å²) in [5.74, 6) is 0. The molecule has 2 rings (SSSR count). The summed E-state index contributed by atoms with van der Waals surface area (Å²) in [5, 5.41) is 21.8. The second-order valence-corrected chi connectivity index (χ2v) is 4.58. The average molecular weight is 279 g/mol. The monoisotopic (exact) mass is 279 g/mol. The Morgan fingerprint density at radius 3 is 2.55 bits per heavy atom. The van der Waals surface area contributed by atoms with Gasteiger partial charge in [0.05, 0.1) is 22.0 Å². The number of anilines is 1. The molecule has 1 unspecified atom stereocenters. The van der Waals surface area contributed by atoms with Crippen LogP contribution in [0.15, 0.2) is 18.2 Å². The van der Waals surface area contributed by atoms with Gasteiger partial charge < -0.3 is 9.69 Å². The summed E-state index contributed by atoms with van der Waals surface area (Å²) in [4.78, 5) is 33.2. The molecule has 1 atom stereocenters. The number of nitro benzene ring substituents is 2. The molecule has 0 aliphatic carbocycles. The van der Waals surface area contributed by atoms with Crippen LogP contribution in [-0.4, -0.2) is 28.7 Å². The first kappa shape index (κ1) is 13.9. The average Bonchev–Trinajstić information content (AvgIpc) is 2.46. The number of aldehydes is 1. The van der Waals surface area contributed by atoms with Gasteiger partial charge in [0, 0.05) is 12.6 Å². The lowest BCUT2D eigenvalue weighted by Crippen LogP contribution is -2.40. The van der Waals surface area contributed by atoms with Crippen LogP contribution in [0.2, 0.25) is 0 Å². The number of piperidine rings is 1. The van der Waals surface area contributed by atoms with E-state index in [1.165, 1.54) is 12.1 Å². The van der Waals surface area contributed by atoms with Crippen molar-refractivity contribution in [1.29, 1.82) is 0 Å². The van der Waals surface area contributed by atoms with Gasteiger partial charge in [-0.2, -0.15) is 0 Å². The first-order chi connectivity index (χ1) is 9.54. The third-order valence-corrected chi connectivity index (χ3v) is 3.38. The Morgan fingerprint density at radius 2 is 1.95 bits per heavy atom. The molecule has 1 heterocycles. The van der Waals surface area contributed by atoms with E-state index in [0.29, 0.717) is 13.0 Å². The van der Waals surface area contributed by atoms with Gasteiger partial charge >= 0.3 is 0 Å². The number of nitro groups is 2. The molecule has 1 aliphatic heterocycles. The number of benzene rings is 1. The minimum atomic E-state index is -0.676. The number of rotatable bonds is 4. The Morgan fingerprint density at radius 1 is 1.20 bits per heavy atom. The summed E-state index contributed by atoms with van der Waals surface area (Å²) in [6.45, 7) is 0.530. The lowest BCUT2D eigenvalue weighted by Gasteiger charge is -2.33. The molecule has 1 fully saturated rings. The van der Waals surface area contributed by atoms with Crippen molar-refractivity contribution in [2.45, 2.75) is 25.3 Å². The number of carbonyl (C=O) groups excluding carboxylic acids is 1. The third kappa shape index (κ3) is 2.58. The number of hydrogen-bond donors (Lipinski definition) is 0. The first-order valence-corrected chi connectivity index (χ1v) is 6.19. The van der Waals surface area contributed by atoms with Gasteiger partial charge in [-0.15, -0.1) is 0 Å². The summed E-state index contributed by atoms with van der Waals surface area (Å²) in [7, 11) is 0. The SMILES string of the molecule is O=CC1CCCCN1c1ccc([N+](=O)[O-])cc1[N+](=O)[O-]. The largest absolute Gasteiger partial charge is 0.356 e. The van der Waals surface area contributed by atoms with Crippen LogP contribution in [0.3, 0.4) is 0 Å². The van der Waals surface area contributed by atoms with Gasteiger partial charge in [0.1, 0.15) is 12.0 Å². The standard InChI is InChI=1S/C12H13N3O5/c16-8-10-3-1-2-6-13(10)11-5-4-9(14(17)18)7-12(11)15(19)20/h4-5,7-8,10H,1-3,6H2. The van der Waals surface area contributed by atoms with Crippen molar-refractivity contribution in [3.05, 3.63) is 38.4 Å². The normalized spacial score (nSPS) is 18.6. The van der Waals surface area contributed by atoms with Crippen molar-refractivity contribution in [2.75, 3.05) is 11.4 Å². The molecule has 8 heteroatoms. The Balaban J connectivity index is 2.46. The lowest BCUT2D eigenvalue weighted by molar-refractivity contribution is -0.393. The van der Waals surface area contributed by atoms with Crippen LogP contribution in [0.1, 0.15) is 19.3 Å². The van der Waals surface area contributed by atoms with Crippen molar-refractivity contribution >= 4 is 23.3 Å². The molecule has 1 aromatic carbocycles. The molecule has 0 saturated carbocycles. The smallest absolute Gasteiger partial charge is 0.299 e. The Kier molecular flexibility index (Phi) is 3.92. The summed E-state index contributed by atoms with van der Waals surface area (Å²) in [6.07, 6.45) is 3.13. The van der Waals surface area contributed by atoms with E-state index in [0.717, 1.165) is 25.2 Å². The minimum absolute atomic E-state index is 0.261. The topological polar surface area (TPSA) is 107 Å². The Labute approximate surface area is 114 Å². The van der Waals surface area contributed by atoms with Gasteiger partial charge in [0.2, 0.25) is 0 Å². The van der Waals surface area contributed by atoms with Gasteiger partial charge in [0.15, 0.2) is 0 Å². The molecule has 8 nitrogen and oxygen atoms in total. The molecule has 1 aliphatic rings. The highest BCUT2D eigenvalue weighted by Crippen LogP contribution is 2.35. The molecule has 1 saturated heterocycles. The fourth-order valence-corrected chi connectivity index (χ4v) is 2.41. The number of nitrogens with zero attached hydrogens (tertiary/aromatic N) is 3. The molecule has 106 valence electrons. The van der Waals surface area contributed by atoms with Crippen LogP contribution in [-0.2, 0) is 4.79 Å². The van der Waals surface area contributed by atoms with E-state index in [2.05, 4.69) is 0 Å². The maximum Gasteiger partial charge on any atom is 0.299 e. The third-order valence-electron chi connectivity index (χ3n) is 3.38. The second-order valence-electron chi connectivity index (χ2n) is 4.58. The maximum absolute atomic E-state index is 11.1. The van der Waals surface area contributed by atoms with Crippen molar-refractivity contribution < 1.29 is 14.6 Å². The Hall–Kier alpha value is -2.51. The van der Waals surface area contributed by atoms with Crippen molar-refractivity contribution in [1.82, 2.24) is 0 Å². The number of carbonyl (C=O) groups is 1. The van der Waals surface area contributed by atoms with Gasteiger partial charge in [0.25, 0.3) is 11.4 Å². The number of hydrogen-bond acceptors (Lipinski definition) is 6. The van der Waals surface area contributed by atoms with Crippen LogP contribution in [0.5, 0.6) is 0 Å². The molecule has 0 N–H and O–H groups in total. The Bertz CT molecular complexity index is 560. The van der Waals surface area contributed by atoms with Crippen LogP contribution >= 0.6 is 0 Å². The molecule has 0 radical (unpaired) electrons. The molecule has 0 aromatic heterocycles. The van der Waals surface area contributed by atoms with Gasteiger partial charge in [-0.25, -0.2) is 0 Å². The van der Waals surface area contributed by atoms with E-state index in [1.807, 2.05) is 0 Å². The zero-order chi connectivity index (χ0) is 14.7. The van der Waals surface area contributed by atoms with Crippen LogP contribution in [0.25, 0.3) is 0 Å². The van der Waals surface area contributed by atoms with Crippen molar-refractivity contribution in [3.63, 3.8) is 0 Å². The van der Waals surface area contributed by atoms with Gasteiger partial charge in [-0.1, -0.05) is 0 Å². The lowest BCUT2D eigenvalue weighted by atomic mass is 10.0. The first-order valence-electron chi connectivity index (χ1n) is 6.19. The quantitative estimate of drug-likeness (QED) is 0.474. The van der Waals surface area contributed by atoms with Gasteiger partial charge in [-0.05, 0) is 25.3 Å². The fourth-order valence-electron chi connectivity index (χ4n) is 2.41. The molecule has 20 heavy (non-hydrogen) atoms. The van der Waals surface area contributed by atoms with E-state index < -0.39 is 15.9 Å². The van der Waals surface area contributed by atoms with Crippen molar-refractivity contribution in [3.8, 4) is 0 Å². The molecule has 0 amide bonds. The second kappa shape index (κ2) is 5.64. The highest BCUT2D eigenvalue weighted by Gasteiger charge is 2.29. The van der Waals surface area contributed by atoms with E-state index >= 15 is 0 Å². The zero-order valence-electron chi connectivity index (χ0n) is 10.6. The fraction of sp³-hybridized carbons (Fsp3) is 0.417. The van der Waals surface area contributed by atoms with Gasteiger partial charge in [-0.3, -0.25) is 20.2 Å². The van der Waals surface area contributed by atoms with Crippen LogP contribution in [0, 0.1) is 20.2 Å². The summed E-state index contributed by atoms with van der Waals surface area (Å²) < 4.78 is 0. The highest BCUT2D eigenvalue weighted by atomic mass is 16.6. The molecular weight excluding hydrogens is 266 g/mol. The van der Waals surface area contributed by atoms with Crippen LogP contribution in [0.4, 0.5) is 17.1 Å². The summed E-state index contributed by atoms with van der Waals surface area (Å²) >= 11 is 0. The molecule has 0 bridgehead atoms. The van der Waals surface area contributed by atoms with Crippen molar-refractivity contribution in [2.24, 2.45) is 0 Å². The van der Waals surface area contributed by atoms with E-state index in [-0.39, 0.29) is 17.1 Å². The van der Waals surface area contributed by atoms with E-state index in [9.17, 15) is 25.0 Å². The minimum Gasteiger partial charge on any atom is -0.356 e. The highest BCUT2D eigenvalue weighted by molar-refractivity contribution is 5.73. The number of non-ortho nitro benzene ring substituents is 1. The molecule has 1 aromatic rings. The summed E-state index contributed by atoms with van der Waals surface area (Å²) in [5.41, 5.74) is -0.412. The molecule has 0 spiro atoms. The van der Waals surface area contributed by atoms with E-state index in [1.54, 1.807) is 4.90 Å². The molecular formula is C12H13N3O5. The van der Waals surface area contributed by atoms with Crippen LogP contribution < -0.4 is 4.90 Å². The predicted molar refractivity (Wildman–Crippen MR) is 70.8 cm³/mol.